The molecule has 0 aromatic heterocycles. The van der Waals surface area contributed by atoms with Crippen LogP contribution in [0.15, 0.2) is 24.3 Å². The summed E-state index contributed by atoms with van der Waals surface area (Å²) < 4.78 is 5.54. The van der Waals surface area contributed by atoms with Gasteiger partial charge in [-0.15, -0.1) is 0 Å². The number of nitrogens with two attached hydrogens (primary N) is 1. The van der Waals surface area contributed by atoms with E-state index >= 15 is 0 Å². The molecule has 0 bridgehead atoms. The highest BCUT2D eigenvalue weighted by Gasteiger charge is 2.19. The number of benzene rings is 1. The van der Waals surface area contributed by atoms with Gasteiger partial charge in [-0.1, -0.05) is 12.1 Å². The van der Waals surface area contributed by atoms with Gasteiger partial charge in [0, 0.05) is 25.2 Å². The van der Waals surface area contributed by atoms with Crippen LogP contribution in [-0.2, 0) is 11.3 Å². The van der Waals surface area contributed by atoms with E-state index in [1.54, 1.807) is 6.07 Å². The Morgan fingerprint density at radius 3 is 2.80 bits per heavy atom. The minimum absolute atomic E-state index is 0.0835. The molecule has 2 rings (SSSR count). The fourth-order valence-corrected chi connectivity index (χ4v) is 2.53. The number of nitrogens with zero attached hydrogens (tertiary/aromatic N) is 1. The molecule has 1 aliphatic rings. The highest BCUT2D eigenvalue weighted by molar-refractivity contribution is 5.92. The molecular formula is C15H22N2O3. The maximum atomic E-state index is 11.2. The molecule has 110 valence electrons. The number of ether oxygens (including phenoxy) is 1. The Morgan fingerprint density at radius 1 is 1.40 bits per heavy atom. The normalized spacial score (nSPS) is 17.2. The van der Waals surface area contributed by atoms with Gasteiger partial charge in [-0.3, -0.25) is 9.69 Å². The first-order chi connectivity index (χ1) is 9.69. The number of aliphatic hydroxyl groups is 1. The molecule has 1 fully saturated rings. The van der Waals surface area contributed by atoms with E-state index in [9.17, 15) is 4.79 Å². The summed E-state index contributed by atoms with van der Waals surface area (Å²) in [6.07, 6.45) is 2.22. The Morgan fingerprint density at radius 2 is 2.15 bits per heavy atom. The molecule has 1 saturated heterocycles. The lowest BCUT2D eigenvalue weighted by Gasteiger charge is -2.31. The number of likely N-dealkylation sites (tertiary alicyclic amines) is 1. The third-order valence-corrected chi connectivity index (χ3v) is 3.60. The number of rotatable bonds is 6. The topological polar surface area (TPSA) is 75.8 Å². The number of carbonyl (C=O) groups is 1. The third kappa shape index (κ3) is 4.30. The number of hydrogen-bond acceptors (Lipinski definition) is 4. The average molecular weight is 278 g/mol. The summed E-state index contributed by atoms with van der Waals surface area (Å²) in [6, 6.07) is 7.48. The first kappa shape index (κ1) is 15.0. The molecule has 0 aliphatic carbocycles. The van der Waals surface area contributed by atoms with E-state index in [1.165, 1.54) is 0 Å². The highest BCUT2D eigenvalue weighted by Crippen LogP contribution is 2.16. The van der Waals surface area contributed by atoms with E-state index in [2.05, 4.69) is 4.90 Å². The summed E-state index contributed by atoms with van der Waals surface area (Å²) in [5.41, 5.74) is 6.96. The van der Waals surface area contributed by atoms with Gasteiger partial charge < -0.3 is 15.6 Å². The van der Waals surface area contributed by atoms with Gasteiger partial charge in [-0.2, -0.15) is 0 Å². The zero-order chi connectivity index (χ0) is 14.4. The second kappa shape index (κ2) is 7.38. The molecule has 20 heavy (non-hydrogen) atoms. The average Bonchev–Trinajstić information content (AvgIpc) is 2.47. The molecule has 0 spiro atoms. The lowest BCUT2D eigenvalue weighted by Crippen LogP contribution is -2.36. The zero-order valence-electron chi connectivity index (χ0n) is 11.6. The van der Waals surface area contributed by atoms with Crippen LogP contribution in [0.4, 0.5) is 0 Å². The van der Waals surface area contributed by atoms with Crippen molar-refractivity contribution in [2.24, 2.45) is 5.73 Å². The second-order valence-corrected chi connectivity index (χ2v) is 5.13. The van der Waals surface area contributed by atoms with Crippen LogP contribution in [-0.4, -0.2) is 48.3 Å². The Hall–Kier alpha value is -1.43. The van der Waals surface area contributed by atoms with Crippen LogP contribution in [0.2, 0.25) is 0 Å². The molecule has 1 aliphatic heterocycles. The molecule has 1 aromatic rings. The van der Waals surface area contributed by atoms with Crippen molar-refractivity contribution in [1.82, 2.24) is 4.90 Å². The summed E-state index contributed by atoms with van der Waals surface area (Å²) in [5.74, 6) is -0.386. The summed E-state index contributed by atoms with van der Waals surface area (Å²) in [5, 5.41) is 8.74. The summed E-state index contributed by atoms with van der Waals surface area (Å²) in [4.78, 5) is 13.5. The van der Waals surface area contributed by atoms with E-state index in [0.717, 1.165) is 38.0 Å². The van der Waals surface area contributed by atoms with Crippen LogP contribution >= 0.6 is 0 Å². The van der Waals surface area contributed by atoms with Crippen molar-refractivity contribution in [3.8, 4) is 0 Å². The van der Waals surface area contributed by atoms with E-state index in [1.807, 2.05) is 18.2 Å². The van der Waals surface area contributed by atoms with Gasteiger partial charge in [-0.25, -0.2) is 0 Å². The smallest absolute Gasteiger partial charge is 0.248 e. The van der Waals surface area contributed by atoms with Crippen molar-refractivity contribution in [1.29, 1.82) is 0 Å². The highest BCUT2D eigenvalue weighted by atomic mass is 16.5. The van der Waals surface area contributed by atoms with E-state index in [-0.39, 0.29) is 18.6 Å². The minimum atomic E-state index is -0.386. The monoisotopic (exact) mass is 278 g/mol. The molecule has 0 unspecified atom stereocenters. The molecule has 0 radical (unpaired) electrons. The van der Waals surface area contributed by atoms with E-state index in [0.29, 0.717) is 12.2 Å². The van der Waals surface area contributed by atoms with Crippen molar-refractivity contribution >= 4 is 5.91 Å². The Kier molecular flexibility index (Phi) is 5.52. The van der Waals surface area contributed by atoms with Gasteiger partial charge in [0.2, 0.25) is 5.91 Å². The quantitative estimate of drug-likeness (QED) is 0.805. The molecule has 3 N–H and O–H groups in total. The maximum Gasteiger partial charge on any atom is 0.248 e. The van der Waals surface area contributed by atoms with Gasteiger partial charge in [0.05, 0.1) is 19.3 Å². The minimum Gasteiger partial charge on any atom is -0.394 e. The number of amides is 1. The first-order valence-electron chi connectivity index (χ1n) is 7.02. The zero-order valence-corrected chi connectivity index (χ0v) is 11.6. The van der Waals surface area contributed by atoms with Crippen molar-refractivity contribution in [2.45, 2.75) is 25.5 Å². The van der Waals surface area contributed by atoms with Crippen LogP contribution in [0.5, 0.6) is 0 Å². The summed E-state index contributed by atoms with van der Waals surface area (Å²) in [6.45, 7) is 3.27. The largest absolute Gasteiger partial charge is 0.394 e. The van der Waals surface area contributed by atoms with Crippen LogP contribution in [0.25, 0.3) is 0 Å². The van der Waals surface area contributed by atoms with Crippen molar-refractivity contribution in [3.05, 3.63) is 35.4 Å². The number of carbonyl (C=O) groups excluding carboxylic acids is 1. The molecule has 1 amide bonds. The van der Waals surface area contributed by atoms with Crippen LogP contribution in [0, 0.1) is 0 Å². The predicted molar refractivity (Wildman–Crippen MR) is 76.3 cm³/mol. The fraction of sp³-hybridized carbons (Fsp3) is 0.533. The lowest BCUT2D eigenvalue weighted by atomic mass is 10.1. The maximum absolute atomic E-state index is 11.2. The number of primary amides is 1. The number of piperidine rings is 1. The predicted octanol–water partition coefficient (Wildman–Crippen LogP) is 0.759. The fourth-order valence-electron chi connectivity index (χ4n) is 2.53. The van der Waals surface area contributed by atoms with E-state index < -0.39 is 0 Å². The molecular weight excluding hydrogens is 256 g/mol. The molecule has 5 nitrogen and oxygen atoms in total. The van der Waals surface area contributed by atoms with Gasteiger partial charge in [0.1, 0.15) is 0 Å². The van der Waals surface area contributed by atoms with Crippen LogP contribution in [0.3, 0.4) is 0 Å². The summed E-state index contributed by atoms with van der Waals surface area (Å²) >= 11 is 0. The van der Waals surface area contributed by atoms with E-state index in [4.69, 9.17) is 15.6 Å². The number of hydrogen-bond donors (Lipinski definition) is 2. The number of aliphatic hydroxyl groups excluding tert-OH is 1. The van der Waals surface area contributed by atoms with Crippen molar-refractivity contribution in [3.63, 3.8) is 0 Å². The Balaban J connectivity index is 1.83. The third-order valence-electron chi connectivity index (χ3n) is 3.60. The molecule has 0 saturated carbocycles. The Bertz CT molecular complexity index is 442. The van der Waals surface area contributed by atoms with Crippen molar-refractivity contribution in [2.75, 3.05) is 26.3 Å². The molecule has 1 aromatic carbocycles. The summed E-state index contributed by atoms with van der Waals surface area (Å²) in [7, 11) is 0. The second-order valence-electron chi connectivity index (χ2n) is 5.13. The SMILES string of the molecule is NC(=O)c1cccc(CN2CCC(OCCO)CC2)c1. The lowest BCUT2D eigenvalue weighted by molar-refractivity contribution is -0.00901. The molecule has 1 heterocycles. The standard InChI is InChI=1S/C15H22N2O3/c16-15(19)13-3-1-2-12(10-13)11-17-6-4-14(5-7-17)20-9-8-18/h1-3,10,14,18H,4-9,11H2,(H2,16,19). The van der Waals surface area contributed by atoms with Crippen LogP contribution in [0.1, 0.15) is 28.8 Å². The molecule has 5 heteroatoms. The van der Waals surface area contributed by atoms with Gasteiger partial charge in [0.25, 0.3) is 0 Å². The molecule has 0 atom stereocenters. The van der Waals surface area contributed by atoms with Crippen LogP contribution < -0.4 is 5.73 Å². The van der Waals surface area contributed by atoms with Gasteiger partial charge in [0.15, 0.2) is 0 Å². The van der Waals surface area contributed by atoms with Crippen molar-refractivity contribution < 1.29 is 14.6 Å². The first-order valence-corrected chi connectivity index (χ1v) is 7.02. The van der Waals surface area contributed by atoms with Gasteiger partial charge in [-0.05, 0) is 30.5 Å². The van der Waals surface area contributed by atoms with Gasteiger partial charge >= 0.3 is 0 Å². The Labute approximate surface area is 119 Å².